The molecule has 1 aliphatic rings. The molecule has 1 amide bonds. The molecular weight excluding hydrogens is 388 g/mol. The highest BCUT2D eigenvalue weighted by molar-refractivity contribution is 5.97. The van der Waals surface area contributed by atoms with Gasteiger partial charge in [0.15, 0.2) is 5.65 Å². The number of hydrogen-bond acceptors (Lipinski definition) is 4. The number of aliphatic hydroxyl groups excluding tert-OH is 1. The second kappa shape index (κ2) is 8.05. The van der Waals surface area contributed by atoms with Crippen LogP contribution in [0.2, 0.25) is 0 Å². The summed E-state index contributed by atoms with van der Waals surface area (Å²) >= 11 is 0. The number of fused-ring (bicyclic) bond motifs is 1. The van der Waals surface area contributed by atoms with E-state index in [1.807, 2.05) is 30.5 Å². The van der Waals surface area contributed by atoms with Crippen LogP contribution in [0, 0.1) is 27.7 Å². The number of aliphatic hydroxyl groups is 1. The highest BCUT2D eigenvalue weighted by atomic mass is 35.5. The largest absolute Gasteiger partial charge is 0.391 e. The van der Waals surface area contributed by atoms with Crippen LogP contribution in [0.4, 0.5) is 11.4 Å². The van der Waals surface area contributed by atoms with Crippen molar-refractivity contribution in [3.05, 3.63) is 58.5 Å². The number of aryl methyl sites for hydroxylation is 4. The van der Waals surface area contributed by atoms with Crippen molar-refractivity contribution in [2.45, 2.75) is 46.8 Å². The van der Waals surface area contributed by atoms with Crippen LogP contribution in [0.1, 0.15) is 34.5 Å². The van der Waals surface area contributed by atoms with Gasteiger partial charge in [-0.2, -0.15) is 0 Å². The number of nitrogens with zero attached hydrogens (tertiary/aromatic N) is 3. The number of halogens is 1. The van der Waals surface area contributed by atoms with E-state index >= 15 is 0 Å². The van der Waals surface area contributed by atoms with Crippen LogP contribution in [0.15, 0.2) is 30.5 Å². The van der Waals surface area contributed by atoms with E-state index in [-0.39, 0.29) is 24.7 Å². The third kappa shape index (κ3) is 3.82. The van der Waals surface area contributed by atoms with Gasteiger partial charge in [0, 0.05) is 18.4 Å². The summed E-state index contributed by atoms with van der Waals surface area (Å²) in [5, 5.41) is 13.4. The summed E-state index contributed by atoms with van der Waals surface area (Å²) in [5.41, 5.74) is 8.25. The first kappa shape index (κ1) is 21.1. The summed E-state index contributed by atoms with van der Waals surface area (Å²) in [6.07, 6.45) is 1.50. The molecule has 1 fully saturated rings. The Labute approximate surface area is 177 Å². The van der Waals surface area contributed by atoms with E-state index in [4.69, 9.17) is 4.98 Å². The molecule has 2 aromatic heterocycles. The first-order valence-corrected chi connectivity index (χ1v) is 9.62. The number of pyridine rings is 1. The van der Waals surface area contributed by atoms with Crippen LogP contribution in [-0.4, -0.2) is 33.0 Å². The first-order valence-electron chi connectivity index (χ1n) is 9.62. The molecule has 0 saturated carbocycles. The van der Waals surface area contributed by atoms with Gasteiger partial charge in [-0.05, 0) is 50.5 Å². The lowest BCUT2D eigenvalue weighted by molar-refractivity contribution is -0.117. The van der Waals surface area contributed by atoms with Gasteiger partial charge in [-0.1, -0.05) is 18.2 Å². The van der Waals surface area contributed by atoms with E-state index in [2.05, 4.69) is 37.4 Å². The number of amides is 1. The topological polar surface area (TPSA) is 69.9 Å². The second-order valence-corrected chi connectivity index (χ2v) is 7.67. The molecule has 4 rings (SSSR count). The molecule has 0 aliphatic carbocycles. The number of benzene rings is 1. The van der Waals surface area contributed by atoms with Gasteiger partial charge in [0.25, 0.3) is 0 Å². The number of hydrogen-bond donors (Lipinski definition) is 2. The minimum absolute atomic E-state index is 0. The third-order valence-corrected chi connectivity index (χ3v) is 5.70. The van der Waals surface area contributed by atoms with Gasteiger partial charge in [0.1, 0.15) is 0 Å². The van der Waals surface area contributed by atoms with Crippen molar-refractivity contribution in [3.8, 4) is 0 Å². The standard InChI is InChI=1S/C22H26N4O2.ClH/c1-13-6-5-7-14(2)19(13)10-23-20-8-17(26-12-18(27)9-21(26)28)11-25-16(4)15(3)24-22(20)25;/h5-8,11,18,23,27H,9-10,12H2,1-4H3;1H/t18-;/m1./s1. The second-order valence-electron chi connectivity index (χ2n) is 7.67. The van der Waals surface area contributed by atoms with E-state index < -0.39 is 6.10 Å². The summed E-state index contributed by atoms with van der Waals surface area (Å²) in [4.78, 5) is 18.7. The molecule has 2 N–H and O–H groups in total. The van der Waals surface area contributed by atoms with E-state index in [0.717, 1.165) is 28.4 Å². The summed E-state index contributed by atoms with van der Waals surface area (Å²) < 4.78 is 2.02. The van der Waals surface area contributed by atoms with Crippen molar-refractivity contribution in [2.75, 3.05) is 16.8 Å². The molecule has 154 valence electrons. The maximum absolute atomic E-state index is 12.3. The summed E-state index contributed by atoms with van der Waals surface area (Å²) in [5.74, 6) is -0.0537. The van der Waals surface area contributed by atoms with Gasteiger partial charge in [-0.3, -0.25) is 4.79 Å². The number of rotatable bonds is 4. The molecule has 29 heavy (non-hydrogen) atoms. The number of aromatic nitrogens is 2. The fourth-order valence-corrected chi connectivity index (χ4v) is 3.88. The molecule has 0 spiro atoms. The van der Waals surface area contributed by atoms with Crippen LogP contribution in [0.3, 0.4) is 0 Å². The smallest absolute Gasteiger partial charge is 0.229 e. The quantitative estimate of drug-likeness (QED) is 0.683. The Hall–Kier alpha value is -2.57. The number of β-amino-alcohol motifs (C(OH)–C–C–N with tert-alkyl or cyclic N) is 1. The normalized spacial score (nSPS) is 16.4. The average Bonchev–Trinajstić information content (AvgIpc) is 3.13. The molecule has 1 saturated heterocycles. The van der Waals surface area contributed by atoms with Crippen molar-refractivity contribution in [3.63, 3.8) is 0 Å². The molecule has 3 aromatic rings. The Morgan fingerprint density at radius 2 is 1.90 bits per heavy atom. The molecule has 1 atom stereocenters. The first-order chi connectivity index (χ1) is 13.3. The Morgan fingerprint density at radius 3 is 2.52 bits per heavy atom. The van der Waals surface area contributed by atoms with Gasteiger partial charge < -0.3 is 19.7 Å². The highest BCUT2D eigenvalue weighted by Gasteiger charge is 2.30. The van der Waals surface area contributed by atoms with E-state index in [1.165, 1.54) is 16.7 Å². The number of imidazole rings is 1. The predicted octanol–water partition coefficient (Wildman–Crippen LogP) is 3.70. The molecule has 0 unspecified atom stereocenters. The average molecular weight is 415 g/mol. The zero-order valence-electron chi connectivity index (χ0n) is 17.2. The minimum atomic E-state index is -0.611. The molecule has 3 heterocycles. The Morgan fingerprint density at radius 1 is 1.21 bits per heavy atom. The van der Waals surface area contributed by atoms with Crippen molar-refractivity contribution in [1.29, 1.82) is 0 Å². The Balaban J connectivity index is 0.00000240. The lowest BCUT2D eigenvalue weighted by atomic mass is 10.0. The van der Waals surface area contributed by atoms with Gasteiger partial charge in [-0.25, -0.2) is 4.98 Å². The maximum Gasteiger partial charge on any atom is 0.229 e. The van der Waals surface area contributed by atoms with Crippen LogP contribution < -0.4 is 10.2 Å². The van der Waals surface area contributed by atoms with E-state index in [9.17, 15) is 9.90 Å². The van der Waals surface area contributed by atoms with Crippen molar-refractivity contribution >= 4 is 35.3 Å². The SMILES string of the molecule is Cc1cccc(C)c1CNc1cc(N2C[C@H](O)CC2=O)cn2c(C)c(C)nc12.Cl. The Bertz CT molecular complexity index is 1060. The molecule has 0 radical (unpaired) electrons. The zero-order valence-corrected chi connectivity index (χ0v) is 18.0. The molecule has 6 nitrogen and oxygen atoms in total. The van der Waals surface area contributed by atoms with Crippen molar-refractivity contribution < 1.29 is 9.90 Å². The van der Waals surface area contributed by atoms with Gasteiger partial charge in [-0.15, -0.1) is 12.4 Å². The van der Waals surface area contributed by atoms with Crippen LogP contribution in [0.5, 0.6) is 0 Å². The van der Waals surface area contributed by atoms with E-state index in [0.29, 0.717) is 13.1 Å². The van der Waals surface area contributed by atoms with Gasteiger partial charge in [0.05, 0.1) is 36.1 Å². The minimum Gasteiger partial charge on any atom is -0.391 e. The zero-order chi connectivity index (χ0) is 20.0. The van der Waals surface area contributed by atoms with Crippen LogP contribution >= 0.6 is 12.4 Å². The number of carbonyl (C=O) groups excluding carboxylic acids is 1. The fourth-order valence-electron chi connectivity index (χ4n) is 3.88. The van der Waals surface area contributed by atoms with Crippen molar-refractivity contribution in [2.24, 2.45) is 0 Å². The molecule has 1 aliphatic heterocycles. The number of anilines is 2. The van der Waals surface area contributed by atoms with Gasteiger partial charge in [0.2, 0.25) is 5.91 Å². The number of nitrogens with one attached hydrogen (secondary N) is 1. The lowest BCUT2D eigenvalue weighted by Gasteiger charge is -2.19. The highest BCUT2D eigenvalue weighted by Crippen LogP contribution is 2.30. The van der Waals surface area contributed by atoms with Gasteiger partial charge >= 0.3 is 0 Å². The van der Waals surface area contributed by atoms with Crippen molar-refractivity contribution in [1.82, 2.24) is 9.38 Å². The van der Waals surface area contributed by atoms with Crippen LogP contribution in [0.25, 0.3) is 5.65 Å². The summed E-state index contributed by atoms with van der Waals surface area (Å²) in [6.45, 7) is 9.25. The van der Waals surface area contributed by atoms with Crippen LogP contribution in [-0.2, 0) is 11.3 Å². The predicted molar refractivity (Wildman–Crippen MR) is 118 cm³/mol. The molecule has 1 aromatic carbocycles. The maximum atomic E-state index is 12.3. The lowest BCUT2D eigenvalue weighted by Crippen LogP contribution is -2.25. The third-order valence-electron chi connectivity index (χ3n) is 5.70. The molecular formula is C22H27ClN4O2. The summed E-state index contributed by atoms with van der Waals surface area (Å²) in [7, 11) is 0. The van der Waals surface area contributed by atoms with E-state index in [1.54, 1.807) is 4.90 Å². The Kier molecular flexibility index (Phi) is 5.87. The fraction of sp³-hybridized carbons (Fsp3) is 0.364. The molecule has 7 heteroatoms. The number of carbonyl (C=O) groups is 1. The molecule has 0 bridgehead atoms. The monoisotopic (exact) mass is 414 g/mol. The summed E-state index contributed by atoms with van der Waals surface area (Å²) in [6, 6.07) is 8.26.